The molecule has 0 spiro atoms. The van der Waals surface area contributed by atoms with Crippen molar-refractivity contribution in [2.24, 2.45) is 5.10 Å². The number of rotatable bonds is 9. The van der Waals surface area contributed by atoms with E-state index in [0.29, 0.717) is 34.9 Å². The van der Waals surface area contributed by atoms with Crippen LogP contribution in [-0.4, -0.2) is 34.9 Å². The molecule has 0 aliphatic carbocycles. The van der Waals surface area contributed by atoms with Crippen molar-refractivity contribution >= 4 is 33.7 Å². The maximum atomic E-state index is 12.6. The Kier molecular flexibility index (Phi) is 7.18. The second kappa shape index (κ2) is 10.0. The van der Waals surface area contributed by atoms with Gasteiger partial charge in [-0.2, -0.15) is 5.10 Å². The lowest BCUT2D eigenvalue weighted by molar-refractivity contribution is -0.121. The van der Waals surface area contributed by atoms with Crippen molar-refractivity contribution in [1.82, 2.24) is 15.0 Å². The molecule has 0 aliphatic rings. The monoisotopic (exact) mass is 428 g/mol. The van der Waals surface area contributed by atoms with E-state index in [1.807, 2.05) is 32.9 Å². The van der Waals surface area contributed by atoms with E-state index in [4.69, 9.17) is 9.47 Å². The van der Waals surface area contributed by atoms with Gasteiger partial charge in [0.2, 0.25) is 0 Å². The average Bonchev–Trinajstić information content (AvgIpc) is 3.17. The number of hydrogen-bond acceptors (Lipinski definition) is 7. The Morgan fingerprint density at radius 1 is 1.20 bits per heavy atom. The van der Waals surface area contributed by atoms with Crippen molar-refractivity contribution in [1.29, 1.82) is 0 Å². The molecule has 3 aromatic rings. The summed E-state index contributed by atoms with van der Waals surface area (Å²) in [6, 6.07) is 7.23. The molecule has 9 heteroatoms. The Labute approximate surface area is 178 Å². The fourth-order valence-corrected chi connectivity index (χ4v) is 3.74. The molecule has 1 aromatic carbocycles. The van der Waals surface area contributed by atoms with Gasteiger partial charge in [-0.25, -0.2) is 10.4 Å². The summed E-state index contributed by atoms with van der Waals surface area (Å²) in [6.45, 7) is 6.70. The number of aryl methyl sites for hydroxylation is 1. The minimum absolute atomic E-state index is 0.163. The zero-order chi connectivity index (χ0) is 21.5. The highest BCUT2D eigenvalue weighted by Gasteiger charge is 2.11. The first kappa shape index (κ1) is 21.5. The molecule has 8 nitrogen and oxygen atoms in total. The van der Waals surface area contributed by atoms with Crippen LogP contribution in [0.2, 0.25) is 0 Å². The third-order valence-electron chi connectivity index (χ3n) is 4.20. The number of aromatic nitrogens is 2. The van der Waals surface area contributed by atoms with Gasteiger partial charge in [-0.15, -0.1) is 11.3 Å². The molecule has 0 radical (unpaired) electrons. The van der Waals surface area contributed by atoms with E-state index in [2.05, 4.69) is 15.5 Å². The first-order valence-corrected chi connectivity index (χ1v) is 10.6. The van der Waals surface area contributed by atoms with Crippen LogP contribution in [0.25, 0.3) is 10.2 Å². The van der Waals surface area contributed by atoms with E-state index >= 15 is 0 Å². The van der Waals surface area contributed by atoms with E-state index < -0.39 is 5.91 Å². The van der Waals surface area contributed by atoms with Gasteiger partial charge < -0.3 is 9.47 Å². The van der Waals surface area contributed by atoms with Crippen molar-refractivity contribution in [2.45, 2.75) is 33.7 Å². The standard InChI is InChI=1S/C21H24N4O4S/c1-4-15-10-16-20(30-15)22-13-25(21(16)27)12-19(26)24-23-11-14-7-8-17(28-5-2)18(9-14)29-6-3/h7-11,13H,4-6,12H2,1-3H3,(H,24,26)/b23-11+. The second-order valence-electron chi connectivity index (χ2n) is 6.33. The molecule has 0 saturated heterocycles. The molecule has 0 atom stereocenters. The number of carbonyl (C=O) groups is 1. The quantitative estimate of drug-likeness (QED) is 0.418. The zero-order valence-electron chi connectivity index (χ0n) is 17.2. The van der Waals surface area contributed by atoms with Crippen LogP contribution in [0.4, 0.5) is 0 Å². The van der Waals surface area contributed by atoms with Crippen LogP contribution in [-0.2, 0) is 17.8 Å². The number of benzene rings is 1. The number of amides is 1. The maximum Gasteiger partial charge on any atom is 0.262 e. The molecular weight excluding hydrogens is 404 g/mol. The van der Waals surface area contributed by atoms with Crippen molar-refractivity contribution < 1.29 is 14.3 Å². The fraction of sp³-hybridized carbons (Fsp3) is 0.333. The number of carbonyl (C=O) groups excluding carboxylic acids is 1. The molecule has 0 bridgehead atoms. The Morgan fingerprint density at radius 3 is 2.70 bits per heavy atom. The summed E-state index contributed by atoms with van der Waals surface area (Å²) in [7, 11) is 0. The molecule has 0 unspecified atom stereocenters. The zero-order valence-corrected chi connectivity index (χ0v) is 18.0. The average molecular weight is 429 g/mol. The molecule has 1 amide bonds. The van der Waals surface area contributed by atoms with Crippen LogP contribution in [0.1, 0.15) is 31.2 Å². The number of hydrazone groups is 1. The predicted octanol–water partition coefficient (Wildman–Crippen LogP) is 2.97. The van der Waals surface area contributed by atoms with E-state index in [-0.39, 0.29) is 12.1 Å². The number of fused-ring (bicyclic) bond motifs is 1. The van der Waals surface area contributed by atoms with Crippen LogP contribution >= 0.6 is 11.3 Å². The summed E-state index contributed by atoms with van der Waals surface area (Å²) in [6.07, 6.45) is 3.74. The summed E-state index contributed by atoms with van der Waals surface area (Å²) in [5, 5.41) is 4.50. The minimum atomic E-state index is -0.420. The molecule has 0 fully saturated rings. The van der Waals surface area contributed by atoms with Gasteiger partial charge in [0.05, 0.1) is 31.1 Å². The van der Waals surface area contributed by atoms with E-state index in [1.54, 1.807) is 12.1 Å². The van der Waals surface area contributed by atoms with Crippen LogP contribution in [0.5, 0.6) is 11.5 Å². The van der Waals surface area contributed by atoms with E-state index in [1.165, 1.54) is 28.4 Å². The van der Waals surface area contributed by atoms with Crippen LogP contribution in [0.3, 0.4) is 0 Å². The SMILES string of the molecule is CCOc1ccc(/C=N/NC(=O)Cn2cnc3sc(CC)cc3c2=O)cc1OCC. The van der Waals surface area contributed by atoms with Gasteiger partial charge in [-0.1, -0.05) is 6.92 Å². The second-order valence-corrected chi connectivity index (χ2v) is 7.44. The van der Waals surface area contributed by atoms with Gasteiger partial charge in [0.1, 0.15) is 11.4 Å². The van der Waals surface area contributed by atoms with Crippen molar-refractivity contribution in [3.63, 3.8) is 0 Å². The summed E-state index contributed by atoms with van der Waals surface area (Å²) < 4.78 is 12.4. The lowest BCUT2D eigenvalue weighted by Crippen LogP contribution is -2.29. The molecule has 158 valence electrons. The van der Waals surface area contributed by atoms with Crippen molar-refractivity contribution in [3.05, 3.63) is 51.4 Å². The van der Waals surface area contributed by atoms with E-state index in [9.17, 15) is 9.59 Å². The third kappa shape index (κ3) is 5.04. The smallest absolute Gasteiger partial charge is 0.262 e. The number of nitrogens with zero attached hydrogens (tertiary/aromatic N) is 3. The van der Waals surface area contributed by atoms with Gasteiger partial charge in [0, 0.05) is 4.88 Å². The highest BCUT2D eigenvalue weighted by Crippen LogP contribution is 2.28. The van der Waals surface area contributed by atoms with Gasteiger partial charge in [0.25, 0.3) is 11.5 Å². The molecule has 0 saturated carbocycles. The topological polar surface area (TPSA) is 94.8 Å². The molecular formula is C21H24N4O4S. The Balaban J connectivity index is 1.66. The molecule has 1 N–H and O–H groups in total. The predicted molar refractivity (Wildman–Crippen MR) is 118 cm³/mol. The van der Waals surface area contributed by atoms with Crippen LogP contribution < -0.4 is 20.5 Å². The van der Waals surface area contributed by atoms with Gasteiger partial charge in [-0.3, -0.25) is 14.2 Å². The largest absolute Gasteiger partial charge is 0.490 e. The molecule has 3 rings (SSSR count). The lowest BCUT2D eigenvalue weighted by atomic mass is 10.2. The minimum Gasteiger partial charge on any atom is -0.490 e. The highest BCUT2D eigenvalue weighted by molar-refractivity contribution is 7.18. The fourth-order valence-electron chi connectivity index (χ4n) is 2.81. The van der Waals surface area contributed by atoms with Crippen molar-refractivity contribution in [3.8, 4) is 11.5 Å². The maximum absolute atomic E-state index is 12.6. The molecule has 30 heavy (non-hydrogen) atoms. The third-order valence-corrected chi connectivity index (χ3v) is 5.39. The van der Waals surface area contributed by atoms with Crippen molar-refractivity contribution in [2.75, 3.05) is 13.2 Å². The van der Waals surface area contributed by atoms with Crippen LogP contribution in [0, 0.1) is 0 Å². The van der Waals surface area contributed by atoms with Gasteiger partial charge in [-0.05, 0) is 50.1 Å². The molecule has 2 aromatic heterocycles. The summed E-state index contributed by atoms with van der Waals surface area (Å²) >= 11 is 1.49. The number of hydrogen-bond donors (Lipinski definition) is 1. The summed E-state index contributed by atoms with van der Waals surface area (Å²) in [4.78, 5) is 30.8. The summed E-state index contributed by atoms with van der Waals surface area (Å²) in [5.41, 5.74) is 2.95. The Morgan fingerprint density at radius 2 is 1.97 bits per heavy atom. The highest BCUT2D eigenvalue weighted by atomic mass is 32.1. The van der Waals surface area contributed by atoms with E-state index in [0.717, 1.165) is 16.9 Å². The molecule has 0 aliphatic heterocycles. The number of ether oxygens (including phenoxy) is 2. The number of thiophene rings is 1. The van der Waals surface area contributed by atoms with Gasteiger partial charge >= 0.3 is 0 Å². The Bertz CT molecular complexity index is 1120. The molecule has 2 heterocycles. The first-order valence-electron chi connectivity index (χ1n) is 9.75. The normalized spacial score (nSPS) is 11.2. The lowest BCUT2D eigenvalue weighted by Gasteiger charge is -2.11. The Hall–Kier alpha value is -3.20. The number of nitrogens with one attached hydrogen (secondary N) is 1. The van der Waals surface area contributed by atoms with Gasteiger partial charge in [0.15, 0.2) is 11.5 Å². The van der Waals surface area contributed by atoms with Crippen LogP contribution in [0.15, 0.2) is 40.5 Å². The summed E-state index contributed by atoms with van der Waals surface area (Å²) in [5.74, 6) is 0.849. The first-order chi connectivity index (χ1) is 14.5.